The van der Waals surface area contributed by atoms with E-state index in [0.717, 1.165) is 17.8 Å². The van der Waals surface area contributed by atoms with Gasteiger partial charge in [0.15, 0.2) is 0 Å². The lowest BCUT2D eigenvalue weighted by Gasteiger charge is -2.19. The quantitative estimate of drug-likeness (QED) is 0.478. The summed E-state index contributed by atoms with van der Waals surface area (Å²) in [5, 5.41) is 6.75. The molecule has 126 valence electrons. The van der Waals surface area contributed by atoms with Crippen LogP contribution in [0.15, 0.2) is 90.0 Å². The van der Waals surface area contributed by atoms with Crippen molar-refractivity contribution in [2.75, 3.05) is 24.0 Å². The second kappa shape index (κ2) is 8.15. The van der Waals surface area contributed by atoms with E-state index in [0.29, 0.717) is 0 Å². The lowest BCUT2D eigenvalue weighted by molar-refractivity contribution is 0.858. The van der Waals surface area contributed by atoms with Crippen LogP contribution < -0.4 is 9.91 Å². The molecule has 0 saturated carbocycles. The van der Waals surface area contributed by atoms with Crippen molar-refractivity contribution in [2.45, 2.75) is 6.54 Å². The minimum absolute atomic E-state index is 0.733. The Labute approximate surface area is 149 Å². The topological polar surface area (TPSA) is 18.8 Å². The average Bonchev–Trinajstić information content (AvgIpc) is 2.67. The average molecular weight is 329 g/mol. The molecule has 0 spiro atoms. The minimum atomic E-state index is 0.733. The van der Waals surface area contributed by atoms with Gasteiger partial charge in [0.05, 0.1) is 18.4 Å². The first-order valence-electron chi connectivity index (χ1n) is 8.40. The molecule has 0 aliphatic rings. The van der Waals surface area contributed by atoms with Gasteiger partial charge in [-0.05, 0) is 35.4 Å². The van der Waals surface area contributed by atoms with Crippen molar-refractivity contribution in [3.8, 4) is 0 Å². The van der Waals surface area contributed by atoms with Crippen LogP contribution >= 0.6 is 0 Å². The minimum Gasteiger partial charge on any atom is -0.378 e. The predicted octanol–water partition coefficient (Wildman–Crippen LogP) is 4.79. The number of hydrogen-bond acceptors (Lipinski definition) is 3. The third kappa shape index (κ3) is 4.70. The largest absolute Gasteiger partial charge is 0.378 e. The molecule has 0 saturated heterocycles. The zero-order valence-corrected chi connectivity index (χ0v) is 14.7. The van der Waals surface area contributed by atoms with E-state index >= 15 is 0 Å². The molecular weight excluding hydrogens is 306 g/mol. The summed E-state index contributed by atoms with van der Waals surface area (Å²) in [7, 11) is 4.08. The maximum atomic E-state index is 4.73. The van der Waals surface area contributed by atoms with Gasteiger partial charge in [-0.25, -0.2) is 0 Å². The summed E-state index contributed by atoms with van der Waals surface area (Å²) in [6.07, 6.45) is 1.91. The van der Waals surface area contributed by atoms with Crippen molar-refractivity contribution in [3.05, 3.63) is 96.1 Å². The zero-order chi connectivity index (χ0) is 17.5. The Kier molecular flexibility index (Phi) is 5.47. The van der Waals surface area contributed by atoms with E-state index < -0.39 is 0 Å². The molecule has 3 aromatic rings. The van der Waals surface area contributed by atoms with Gasteiger partial charge in [-0.2, -0.15) is 5.10 Å². The molecule has 0 radical (unpaired) electrons. The number of para-hydroxylation sites is 1. The van der Waals surface area contributed by atoms with Crippen LogP contribution in [0, 0.1) is 0 Å². The molecule has 0 fully saturated rings. The number of nitrogens with zero attached hydrogens (tertiary/aromatic N) is 3. The Morgan fingerprint density at radius 1 is 0.720 bits per heavy atom. The molecule has 3 nitrogen and oxygen atoms in total. The van der Waals surface area contributed by atoms with Gasteiger partial charge in [-0.15, -0.1) is 0 Å². The fourth-order valence-electron chi connectivity index (χ4n) is 2.55. The molecule has 3 rings (SSSR count). The highest BCUT2D eigenvalue weighted by molar-refractivity contribution is 5.81. The summed E-state index contributed by atoms with van der Waals surface area (Å²) < 4.78 is 0. The predicted molar refractivity (Wildman–Crippen MR) is 107 cm³/mol. The summed E-state index contributed by atoms with van der Waals surface area (Å²) >= 11 is 0. The number of benzene rings is 3. The first kappa shape index (κ1) is 16.8. The van der Waals surface area contributed by atoms with E-state index in [2.05, 4.69) is 65.6 Å². The van der Waals surface area contributed by atoms with Crippen LogP contribution in [0.5, 0.6) is 0 Å². The third-order valence-corrected chi connectivity index (χ3v) is 3.99. The van der Waals surface area contributed by atoms with Crippen molar-refractivity contribution in [3.63, 3.8) is 0 Å². The fourth-order valence-corrected chi connectivity index (χ4v) is 2.55. The van der Waals surface area contributed by atoms with Crippen LogP contribution in [0.25, 0.3) is 0 Å². The van der Waals surface area contributed by atoms with Crippen LogP contribution in [-0.4, -0.2) is 20.3 Å². The second-order valence-corrected chi connectivity index (χ2v) is 6.11. The van der Waals surface area contributed by atoms with Crippen LogP contribution in [0.1, 0.15) is 11.1 Å². The lowest BCUT2D eigenvalue weighted by Crippen LogP contribution is -2.16. The monoisotopic (exact) mass is 329 g/mol. The molecule has 3 aromatic carbocycles. The zero-order valence-electron chi connectivity index (χ0n) is 14.7. The summed E-state index contributed by atoms with van der Waals surface area (Å²) in [6, 6.07) is 29.0. The molecule has 0 amide bonds. The van der Waals surface area contributed by atoms with Gasteiger partial charge in [0.1, 0.15) is 0 Å². The molecule has 0 heterocycles. The molecule has 0 unspecified atom stereocenters. The van der Waals surface area contributed by atoms with Crippen molar-refractivity contribution < 1.29 is 0 Å². The van der Waals surface area contributed by atoms with Crippen molar-refractivity contribution in [2.24, 2.45) is 5.10 Å². The normalized spacial score (nSPS) is 10.8. The molecule has 25 heavy (non-hydrogen) atoms. The van der Waals surface area contributed by atoms with Gasteiger partial charge in [-0.1, -0.05) is 60.7 Å². The Bertz CT molecular complexity index is 794. The first-order valence-corrected chi connectivity index (χ1v) is 8.40. The van der Waals surface area contributed by atoms with Crippen molar-refractivity contribution >= 4 is 17.6 Å². The first-order chi connectivity index (χ1) is 12.2. The number of rotatable bonds is 6. The molecule has 0 bridgehead atoms. The highest BCUT2D eigenvalue weighted by atomic mass is 15.4. The van der Waals surface area contributed by atoms with Gasteiger partial charge in [0.2, 0.25) is 0 Å². The molecule has 0 N–H and O–H groups in total. The smallest absolute Gasteiger partial charge is 0.0666 e. The highest BCUT2D eigenvalue weighted by Gasteiger charge is 2.05. The van der Waals surface area contributed by atoms with Gasteiger partial charge in [0.25, 0.3) is 0 Å². The second-order valence-electron chi connectivity index (χ2n) is 6.11. The van der Waals surface area contributed by atoms with Gasteiger partial charge >= 0.3 is 0 Å². The van der Waals surface area contributed by atoms with Gasteiger partial charge in [0, 0.05) is 19.8 Å². The third-order valence-electron chi connectivity index (χ3n) is 3.99. The van der Waals surface area contributed by atoms with Gasteiger partial charge < -0.3 is 4.90 Å². The summed E-state index contributed by atoms with van der Waals surface area (Å²) in [6.45, 7) is 0.733. The molecule has 3 heteroatoms. The van der Waals surface area contributed by atoms with E-state index in [9.17, 15) is 0 Å². The van der Waals surface area contributed by atoms with E-state index in [1.165, 1.54) is 11.3 Å². The Morgan fingerprint density at radius 3 is 1.92 bits per heavy atom. The summed E-state index contributed by atoms with van der Waals surface area (Å²) in [5.74, 6) is 0. The Balaban J connectivity index is 1.81. The lowest BCUT2D eigenvalue weighted by atomic mass is 10.2. The Hall–Kier alpha value is -3.07. The van der Waals surface area contributed by atoms with E-state index in [4.69, 9.17) is 5.10 Å². The van der Waals surface area contributed by atoms with E-state index in [-0.39, 0.29) is 0 Å². The molecule has 0 aliphatic heterocycles. The SMILES string of the molecule is CN(C)c1ccc(/C=N\N(Cc2ccccc2)c2ccccc2)cc1. The molecule has 0 atom stereocenters. The van der Waals surface area contributed by atoms with Gasteiger partial charge in [-0.3, -0.25) is 5.01 Å². The van der Waals surface area contributed by atoms with Crippen molar-refractivity contribution in [1.82, 2.24) is 0 Å². The van der Waals surface area contributed by atoms with Crippen molar-refractivity contribution in [1.29, 1.82) is 0 Å². The molecule has 0 aliphatic carbocycles. The molecule has 0 aromatic heterocycles. The molecular formula is C22H23N3. The van der Waals surface area contributed by atoms with Crippen LogP contribution in [0.2, 0.25) is 0 Å². The maximum absolute atomic E-state index is 4.73. The fraction of sp³-hybridized carbons (Fsp3) is 0.136. The number of hydrogen-bond donors (Lipinski definition) is 0. The van der Waals surface area contributed by atoms with E-state index in [1.54, 1.807) is 0 Å². The Morgan fingerprint density at radius 2 is 1.32 bits per heavy atom. The summed E-state index contributed by atoms with van der Waals surface area (Å²) in [4.78, 5) is 2.09. The number of anilines is 2. The summed E-state index contributed by atoms with van der Waals surface area (Å²) in [5.41, 5.74) is 4.57. The number of hydrazone groups is 1. The van der Waals surface area contributed by atoms with Crippen LogP contribution in [-0.2, 0) is 6.54 Å². The van der Waals surface area contributed by atoms with Crippen LogP contribution in [0.3, 0.4) is 0 Å². The van der Waals surface area contributed by atoms with E-state index in [1.807, 2.05) is 49.6 Å². The van der Waals surface area contributed by atoms with Crippen LogP contribution in [0.4, 0.5) is 11.4 Å². The standard InChI is InChI=1S/C22H23N3/c1-24(2)21-15-13-19(14-16-21)17-23-25(22-11-7-4-8-12-22)18-20-9-5-3-6-10-20/h3-17H,18H2,1-2H3/b23-17-. The maximum Gasteiger partial charge on any atom is 0.0666 e. The highest BCUT2D eigenvalue weighted by Crippen LogP contribution is 2.18.